The largest absolute Gasteiger partial charge is 0.481 e. The second-order valence-electron chi connectivity index (χ2n) is 5.50. The number of rotatable bonds is 5. The molecule has 2 rings (SSSR count). The number of likely N-dealkylation sites (tertiary alicyclic amines) is 1. The molecule has 1 aromatic rings. The number of benzene rings is 1. The molecule has 22 heavy (non-hydrogen) atoms. The minimum absolute atomic E-state index is 0.0911. The van der Waals surface area contributed by atoms with Crippen LogP contribution in [0.5, 0.6) is 0 Å². The van der Waals surface area contributed by atoms with E-state index in [0.717, 1.165) is 0 Å². The van der Waals surface area contributed by atoms with Crippen LogP contribution < -0.4 is 0 Å². The molecule has 0 aromatic heterocycles. The molecule has 1 atom stereocenters. The van der Waals surface area contributed by atoms with Gasteiger partial charge in [-0.15, -0.1) is 0 Å². The number of hydrogen-bond donors (Lipinski definition) is 1. The molecule has 7 heteroatoms. The van der Waals surface area contributed by atoms with Gasteiger partial charge >= 0.3 is 5.97 Å². The van der Waals surface area contributed by atoms with Crippen LogP contribution in [0.25, 0.3) is 0 Å². The summed E-state index contributed by atoms with van der Waals surface area (Å²) in [7, 11) is 1.46. The molecule has 1 unspecified atom stereocenters. The van der Waals surface area contributed by atoms with Gasteiger partial charge in [0.1, 0.15) is 5.41 Å². The molecule has 120 valence electrons. The summed E-state index contributed by atoms with van der Waals surface area (Å²) in [5.74, 6) is -1.09. The van der Waals surface area contributed by atoms with Crippen LogP contribution in [0.3, 0.4) is 0 Å². The Hall–Kier alpha value is -1.30. The highest BCUT2D eigenvalue weighted by molar-refractivity contribution is 6.35. The Bertz CT molecular complexity index is 593. The van der Waals surface area contributed by atoms with Crippen LogP contribution in [-0.4, -0.2) is 48.7 Å². The van der Waals surface area contributed by atoms with E-state index in [2.05, 4.69) is 0 Å². The van der Waals surface area contributed by atoms with Gasteiger partial charge in [0, 0.05) is 30.2 Å². The van der Waals surface area contributed by atoms with E-state index in [4.69, 9.17) is 27.9 Å². The third kappa shape index (κ3) is 3.54. The average molecular weight is 346 g/mol. The number of carboxylic acid groups (broad SMARTS) is 1. The van der Waals surface area contributed by atoms with Gasteiger partial charge in [0.2, 0.25) is 5.91 Å². The van der Waals surface area contributed by atoms with Gasteiger partial charge in [0.15, 0.2) is 0 Å². The fraction of sp³-hybridized carbons (Fsp3) is 0.467. The predicted octanol–water partition coefficient (Wildman–Crippen LogP) is 2.49. The Morgan fingerprint density at radius 3 is 2.73 bits per heavy atom. The minimum atomic E-state index is -1.02. The quantitative estimate of drug-likeness (QED) is 0.890. The topological polar surface area (TPSA) is 66.8 Å². The fourth-order valence-corrected chi connectivity index (χ4v) is 3.13. The summed E-state index contributed by atoms with van der Waals surface area (Å²) in [4.78, 5) is 25.4. The summed E-state index contributed by atoms with van der Waals surface area (Å²) in [5.41, 5.74) is -0.343. The Morgan fingerprint density at radius 2 is 2.14 bits per heavy atom. The second-order valence-corrected chi connectivity index (χ2v) is 6.34. The van der Waals surface area contributed by atoms with Gasteiger partial charge in [-0.1, -0.05) is 29.3 Å². The van der Waals surface area contributed by atoms with E-state index in [1.165, 1.54) is 7.11 Å². The van der Waals surface area contributed by atoms with E-state index >= 15 is 0 Å². The number of hydrogen-bond acceptors (Lipinski definition) is 3. The molecule has 5 nitrogen and oxygen atoms in total. The standard InChI is InChI=1S/C15H17Cl2NO4/c1-22-9-15(14(20)21)4-5-18(8-15)13(19)6-10-2-3-11(16)7-12(10)17/h2-3,7H,4-6,8-9H2,1H3,(H,20,21). The number of ether oxygens (including phenoxy) is 1. The maximum absolute atomic E-state index is 12.4. The predicted molar refractivity (Wildman–Crippen MR) is 83.3 cm³/mol. The highest BCUT2D eigenvalue weighted by Gasteiger charge is 2.46. The van der Waals surface area contributed by atoms with Gasteiger partial charge in [0.05, 0.1) is 13.0 Å². The van der Waals surface area contributed by atoms with Crippen LogP contribution in [0.1, 0.15) is 12.0 Å². The van der Waals surface area contributed by atoms with E-state index in [0.29, 0.717) is 28.6 Å². The lowest BCUT2D eigenvalue weighted by molar-refractivity contribution is -0.151. The first-order valence-corrected chi connectivity index (χ1v) is 7.57. The molecule has 1 aliphatic rings. The Balaban J connectivity index is 2.07. The first kappa shape index (κ1) is 17.1. The van der Waals surface area contributed by atoms with Gasteiger partial charge in [-0.3, -0.25) is 9.59 Å². The molecule has 0 radical (unpaired) electrons. The summed E-state index contributed by atoms with van der Waals surface area (Å²) in [6.07, 6.45) is 0.509. The number of carbonyl (C=O) groups is 2. The number of nitrogens with zero attached hydrogens (tertiary/aromatic N) is 1. The molecule has 0 saturated carbocycles. The molecule has 0 bridgehead atoms. The maximum atomic E-state index is 12.4. The van der Waals surface area contributed by atoms with Crippen LogP contribution in [0, 0.1) is 5.41 Å². The first-order valence-electron chi connectivity index (χ1n) is 6.82. The fourth-order valence-electron chi connectivity index (χ4n) is 2.66. The van der Waals surface area contributed by atoms with Crippen molar-refractivity contribution in [2.24, 2.45) is 5.41 Å². The van der Waals surface area contributed by atoms with Crippen LogP contribution in [-0.2, 0) is 20.7 Å². The number of halogens is 2. The highest BCUT2D eigenvalue weighted by atomic mass is 35.5. The van der Waals surface area contributed by atoms with E-state index < -0.39 is 11.4 Å². The molecule has 1 N–H and O–H groups in total. The highest BCUT2D eigenvalue weighted by Crippen LogP contribution is 2.32. The van der Waals surface area contributed by atoms with Crippen molar-refractivity contribution in [3.63, 3.8) is 0 Å². The smallest absolute Gasteiger partial charge is 0.313 e. The van der Waals surface area contributed by atoms with Gasteiger partial charge in [-0.2, -0.15) is 0 Å². The van der Waals surface area contributed by atoms with Crippen molar-refractivity contribution in [2.45, 2.75) is 12.8 Å². The number of carbonyl (C=O) groups excluding carboxylic acids is 1. The Labute approximate surface area is 138 Å². The maximum Gasteiger partial charge on any atom is 0.313 e. The summed E-state index contributed by atoms with van der Waals surface area (Å²) >= 11 is 11.9. The zero-order chi connectivity index (χ0) is 16.3. The summed E-state index contributed by atoms with van der Waals surface area (Å²) in [6, 6.07) is 4.97. The summed E-state index contributed by atoms with van der Waals surface area (Å²) < 4.78 is 5.01. The lowest BCUT2D eigenvalue weighted by Crippen LogP contribution is -2.40. The van der Waals surface area contributed by atoms with Gasteiger partial charge in [-0.25, -0.2) is 0 Å². The molecule has 1 saturated heterocycles. The van der Waals surface area contributed by atoms with Crippen molar-refractivity contribution in [2.75, 3.05) is 26.8 Å². The summed E-state index contributed by atoms with van der Waals surface area (Å²) in [5, 5.41) is 10.3. The zero-order valence-electron chi connectivity index (χ0n) is 12.1. The van der Waals surface area contributed by atoms with E-state index in [1.807, 2.05) is 0 Å². The zero-order valence-corrected chi connectivity index (χ0v) is 13.7. The minimum Gasteiger partial charge on any atom is -0.481 e. The Morgan fingerprint density at radius 1 is 1.41 bits per heavy atom. The van der Waals surface area contributed by atoms with Gasteiger partial charge in [-0.05, 0) is 24.1 Å². The third-order valence-corrected chi connectivity index (χ3v) is 4.52. The molecular weight excluding hydrogens is 329 g/mol. The van der Waals surface area contributed by atoms with Crippen molar-refractivity contribution < 1.29 is 19.4 Å². The van der Waals surface area contributed by atoms with Crippen LogP contribution in [0.15, 0.2) is 18.2 Å². The van der Waals surface area contributed by atoms with Crippen molar-refractivity contribution in [1.29, 1.82) is 0 Å². The molecule has 0 spiro atoms. The molecular formula is C15H17Cl2NO4. The third-order valence-electron chi connectivity index (χ3n) is 3.94. The number of carboxylic acids is 1. The van der Waals surface area contributed by atoms with Crippen LogP contribution in [0.4, 0.5) is 0 Å². The monoisotopic (exact) mass is 345 g/mol. The number of aliphatic carboxylic acids is 1. The Kier molecular flexibility index (Phi) is 5.32. The van der Waals surface area contributed by atoms with Crippen LogP contribution in [0.2, 0.25) is 10.0 Å². The number of methoxy groups -OCH3 is 1. The summed E-state index contributed by atoms with van der Waals surface area (Å²) in [6.45, 7) is 0.647. The molecule has 1 fully saturated rings. The lowest BCUT2D eigenvalue weighted by Gasteiger charge is -2.24. The molecule has 1 heterocycles. The number of amides is 1. The van der Waals surface area contributed by atoms with Crippen molar-refractivity contribution >= 4 is 35.1 Å². The lowest BCUT2D eigenvalue weighted by atomic mass is 9.88. The van der Waals surface area contributed by atoms with E-state index in [9.17, 15) is 14.7 Å². The second kappa shape index (κ2) is 6.86. The normalized spacial score (nSPS) is 21.1. The van der Waals surface area contributed by atoms with Gasteiger partial charge < -0.3 is 14.7 Å². The molecule has 1 aromatic carbocycles. The van der Waals surface area contributed by atoms with Crippen molar-refractivity contribution in [3.8, 4) is 0 Å². The van der Waals surface area contributed by atoms with Crippen LogP contribution >= 0.6 is 23.2 Å². The average Bonchev–Trinajstić information content (AvgIpc) is 2.88. The van der Waals surface area contributed by atoms with Crippen molar-refractivity contribution in [1.82, 2.24) is 4.90 Å². The van der Waals surface area contributed by atoms with Crippen molar-refractivity contribution in [3.05, 3.63) is 33.8 Å². The van der Waals surface area contributed by atoms with E-state index in [-0.39, 0.29) is 25.5 Å². The SMILES string of the molecule is COCC1(C(=O)O)CCN(C(=O)Cc2ccc(Cl)cc2Cl)C1. The molecule has 1 amide bonds. The van der Waals surface area contributed by atoms with E-state index in [1.54, 1.807) is 23.1 Å². The van der Waals surface area contributed by atoms with Gasteiger partial charge in [0.25, 0.3) is 0 Å². The first-order chi connectivity index (χ1) is 10.4. The molecule has 1 aliphatic heterocycles. The molecule has 0 aliphatic carbocycles.